The maximum Gasteiger partial charge on any atom is 0.328 e. The summed E-state index contributed by atoms with van der Waals surface area (Å²) in [5.41, 5.74) is 0.341. The fourth-order valence-corrected chi connectivity index (χ4v) is 1.72. The highest BCUT2D eigenvalue weighted by Crippen LogP contribution is 2.30. The number of carbonyl (C=O) groups is 1. The van der Waals surface area contributed by atoms with Gasteiger partial charge in [-0.15, -0.1) is 0 Å². The fraction of sp³-hybridized carbons (Fsp3) is 0. The molecule has 0 spiro atoms. The van der Waals surface area contributed by atoms with Gasteiger partial charge in [-0.05, 0) is 35.9 Å². The lowest BCUT2D eigenvalue weighted by molar-refractivity contribution is -0.131. The first-order chi connectivity index (χ1) is 9.97. The molecule has 0 aliphatic heterocycles. The van der Waals surface area contributed by atoms with Crippen molar-refractivity contribution in [2.24, 2.45) is 0 Å². The molecule has 21 heavy (non-hydrogen) atoms. The molecular weight excluding hydrogens is 302 g/mol. The van der Waals surface area contributed by atoms with Crippen LogP contribution in [-0.4, -0.2) is 11.1 Å². The van der Waals surface area contributed by atoms with Gasteiger partial charge in [-0.25, -0.2) is 13.6 Å². The minimum absolute atomic E-state index is 0.131. The van der Waals surface area contributed by atoms with E-state index in [2.05, 4.69) is 0 Å². The number of carboxylic acids is 1. The number of rotatable bonds is 4. The SMILES string of the molecule is O=C(O)/C=C/c1ccc(Oc2cccc(Cl)c2F)c(F)c1. The highest BCUT2D eigenvalue weighted by atomic mass is 35.5. The lowest BCUT2D eigenvalue weighted by Gasteiger charge is -2.08. The van der Waals surface area contributed by atoms with Crippen LogP contribution in [0.3, 0.4) is 0 Å². The molecule has 1 N–H and O–H groups in total. The number of halogens is 3. The lowest BCUT2D eigenvalue weighted by atomic mass is 10.2. The van der Waals surface area contributed by atoms with Crippen molar-refractivity contribution in [3.05, 3.63) is 64.7 Å². The van der Waals surface area contributed by atoms with Crippen molar-refractivity contribution in [3.63, 3.8) is 0 Å². The Morgan fingerprint density at radius 2 is 1.95 bits per heavy atom. The summed E-state index contributed by atoms with van der Waals surface area (Å²) < 4.78 is 32.6. The normalized spacial score (nSPS) is 10.8. The molecule has 0 radical (unpaired) electrons. The van der Waals surface area contributed by atoms with E-state index in [4.69, 9.17) is 21.4 Å². The van der Waals surface area contributed by atoms with E-state index < -0.39 is 17.6 Å². The summed E-state index contributed by atoms with van der Waals surface area (Å²) in [7, 11) is 0. The smallest absolute Gasteiger partial charge is 0.328 e. The number of carboxylic acid groups (broad SMARTS) is 1. The van der Waals surface area contributed by atoms with Crippen molar-refractivity contribution in [2.75, 3.05) is 0 Å². The summed E-state index contributed by atoms with van der Waals surface area (Å²) >= 11 is 5.60. The Balaban J connectivity index is 2.25. The highest BCUT2D eigenvalue weighted by molar-refractivity contribution is 6.30. The molecule has 2 aromatic rings. The monoisotopic (exact) mass is 310 g/mol. The molecule has 0 aromatic heterocycles. The quantitative estimate of drug-likeness (QED) is 0.845. The number of aliphatic carboxylic acids is 1. The average Bonchev–Trinajstić information content (AvgIpc) is 2.44. The fourth-order valence-electron chi connectivity index (χ4n) is 1.55. The van der Waals surface area contributed by atoms with Crippen molar-refractivity contribution >= 4 is 23.6 Å². The van der Waals surface area contributed by atoms with Crippen LogP contribution in [0.1, 0.15) is 5.56 Å². The van der Waals surface area contributed by atoms with Crippen LogP contribution in [0.15, 0.2) is 42.5 Å². The number of benzene rings is 2. The van der Waals surface area contributed by atoms with Crippen molar-refractivity contribution in [2.45, 2.75) is 0 Å². The average molecular weight is 311 g/mol. The first-order valence-electron chi connectivity index (χ1n) is 5.80. The molecule has 0 heterocycles. The van der Waals surface area contributed by atoms with Crippen molar-refractivity contribution < 1.29 is 23.4 Å². The molecule has 0 amide bonds. The molecule has 2 aromatic carbocycles. The number of hydrogen-bond acceptors (Lipinski definition) is 2. The molecule has 0 fully saturated rings. The van der Waals surface area contributed by atoms with Gasteiger partial charge in [0.05, 0.1) is 5.02 Å². The van der Waals surface area contributed by atoms with Gasteiger partial charge in [0.1, 0.15) is 0 Å². The molecule has 108 valence electrons. The Kier molecular flexibility index (Phi) is 4.55. The molecule has 0 aliphatic rings. The zero-order valence-electron chi connectivity index (χ0n) is 10.5. The molecule has 0 atom stereocenters. The van der Waals surface area contributed by atoms with E-state index in [1.807, 2.05) is 0 Å². The van der Waals surface area contributed by atoms with Gasteiger partial charge < -0.3 is 9.84 Å². The molecule has 6 heteroatoms. The number of ether oxygens (including phenoxy) is 1. The Morgan fingerprint density at radius 1 is 1.19 bits per heavy atom. The Bertz CT molecular complexity index is 714. The van der Waals surface area contributed by atoms with E-state index in [0.29, 0.717) is 5.56 Å². The Hall–Kier alpha value is -2.40. The van der Waals surface area contributed by atoms with Crippen LogP contribution in [-0.2, 0) is 4.79 Å². The predicted octanol–water partition coefficient (Wildman–Crippen LogP) is 4.51. The van der Waals surface area contributed by atoms with Gasteiger partial charge in [0, 0.05) is 6.08 Å². The summed E-state index contributed by atoms with van der Waals surface area (Å²) in [6, 6.07) is 7.94. The highest BCUT2D eigenvalue weighted by Gasteiger charge is 2.11. The summed E-state index contributed by atoms with van der Waals surface area (Å²) in [6.07, 6.45) is 2.11. The van der Waals surface area contributed by atoms with Gasteiger partial charge >= 0.3 is 5.97 Å². The van der Waals surface area contributed by atoms with Crippen LogP contribution in [0.4, 0.5) is 8.78 Å². The van der Waals surface area contributed by atoms with Crippen LogP contribution in [0.2, 0.25) is 5.02 Å². The summed E-state index contributed by atoms with van der Waals surface area (Å²) in [4.78, 5) is 10.4. The van der Waals surface area contributed by atoms with Crippen LogP contribution in [0.5, 0.6) is 11.5 Å². The maximum atomic E-state index is 13.8. The summed E-state index contributed by atoms with van der Waals surface area (Å²) in [5.74, 6) is -3.06. The van der Waals surface area contributed by atoms with Crippen molar-refractivity contribution in [1.82, 2.24) is 0 Å². The van der Waals surface area contributed by atoms with Crippen LogP contribution < -0.4 is 4.74 Å². The molecule has 0 bridgehead atoms. The van der Waals surface area contributed by atoms with Gasteiger partial charge in [0.2, 0.25) is 0 Å². The minimum Gasteiger partial charge on any atom is -0.478 e. The number of hydrogen-bond donors (Lipinski definition) is 1. The third kappa shape index (κ3) is 3.79. The lowest BCUT2D eigenvalue weighted by Crippen LogP contribution is -1.92. The van der Waals surface area contributed by atoms with E-state index in [1.54, 1.807) is 0 Å². The molecule has 0 unspecified atom stereocenters. The maximum absolute atomic E-state index is 13.8. The molecular formula is C15H9ClF2O3. The van der Waals surface area contributed by atoms with E-state index in [9.17, 15) is 13.6 Å². The second-order valence-electron chi connectivity index (χ2n) is 4.02. The minimum atomic E-state index is -1.14. The van der Waals surface area contributed by atoms with Crippen LogP contribution in [0.25, 0.3) is 6.08 Å². The first kappa shape index (κ1) is 15.0. The Labute approximate surface area is 124 Å². The van der Waals surface area contributed by atoms with Crippen LogP contribution >= 0.6 is 11.6 Å². The molecule has 0 saturated heterocycles. The molecule has 2 rings (SSSR count). The van der Waals surface area contributed by atoms with Crippen molar-refractivity contribution in [3.8, 4) is 11.5 Å². The van der Waals surface area contributed by atoms with Gasteiger partial charge in [-0.2, -0.15) is 0 Å². The van der Waals surface area contributed by atoms with E-state index in [1.165, 1.54) is 36.4 Å². The predicted molar refractivity (Wildman–Crippen MR) is 74.6 cm³/mol. The van der Waals surface area contributed by atoms with Gasteiger partial charge in [0.25, 0.3) is 0 Å². The topological polar surface area (TPSA) is 46.5 Å². The Morgan fingerprint density at radius 3 is 2.62 bits per heavy atom. The van der Waals surface area contributed by atoms with Crippen LogP contribution in [0, 0.1) is 11.6 Å². The van der Waals surface area contributed by atoms with Gasteiger partial charge in [0.15, 0.2) is 23.1 Å². The third-order valence-corrected chi connectivity index (χ3v) is 2.80. The second-order valence-corrected chi connectivity index (χ2v) is 4.42. The van der Waals surface area contributed by atoms with E-state index >= 15 is 0 Å². The zero-order valence-corrected chi connectivity index (χ0v) is 11.3. The molecule has 0 aliphatic carbocycles. The third-order valence-electron chi connectivity index (χ3n) is 2.51. The summed E-state index contributed by atoms with van der Waals surface area (Å²) in [5, 5.41) is 8.36. The van der Waals surface area contributed by atoms with E-state index in [0.717, 1.165) is 12.1 Å². The molecule has 3 nitrogen and oxygen atoms in total. The van der Waals surface area contributed by atoms with E-state index in [-0.39, 0.29) is 16.5 Å². The molecule has 0 saturated carbocycles. The van der Waals surface area contributed by atoms with Gasteiger partial charge in [-0.1, -0.05) is 23.7 Å². The first-order valence-corrected chi connectivity index (χ1v) is 6.17. The standard InChI is InChI=1S/C15H9ClF2O3/c16-10-2-1-3-13(15(10)18)21-12-6-4-9(8-11(12)17)5-7-14(19)20/h1-8H,(H,19,20)/b7-5+. The van der Waals surface area contributed by atoms with Gasteiger partial charge in [-0.3, -0.25) is 0 Å². The van der Waals surface area contributed by atoms with Crippen molar-refractivity contribution in [1.29, 1.82) is 0 Å². The largest absolute Gasteiger partial charge is 0.478 e. The second kappa shape index (κ2) is 6.37. The zero-order chi connectivity index (χ0) is 15.4. The summed E-state index contributed by atoms with van der Waals surface area (Å²) in [6.45, 7) is 0.